The van der Waals surface area contributed by atoms with Crippen LogP contribution in [-0.2, 0) is 19.7 Å². The van der Waals surface area contributed by atoms with Gasteiger partial charge in [0.1, 0.15) is 18.2 Å². The lowest BCUT2D eigenvalue weighted by molar-refractivity contribution is 0.0697. The highest BCUT2D eigenvalue weighted by molar-refractivity contribution is 5.92. The monoisotopic (exact) mass is 611 g/mol. The maximum Gasteiger partial charge on any atom is 0.335 e. The van der Waals surface area contributed by atoms with E-state index < -0.39 is 23.9 Å². The van der Waals surface area contributed by atoms with Crippen LogP contribution in [0.3, 0.4) is 0 Å². The first-order chi connectivity index (χ1) is 21.8. The summed E-state index contributed by atoms with van der Waals surface area (Å²) in [6.07, 6.45) is 3.08. The van der Waals surface area contributed by atoms with Gasteiger partial charge in [-0.3, -0.25) is 9.18 Å². The van der Waals surface area contributed by atoms with E-state index in [0.717, 1.165) is 18.9 Å². The van der Waals surface area contributed by atoms with Gasteiger partial charge < -0.3 is 19.0 Å². The molecule has 3 aromatic heterocycles. The zero-order valence-corrected chi connectivity index (χ0v) is 24.8. The second kappa shape index (κ2) is 13.1. The second-order valence-electron chi connectivity index (χ2n) is 10.7. The summed E-state index contributed by atoms with van der Waals surface area (Å²) in [5, 5.41) is 18.4. The number of aromatic nitrogens is 4. The molecule has 1 saturated carbocycles. The van der Waals surface area contributed by atoms with Gasteiger partial charge in [0.2, 0.25) is 5.88 Å². The summed E-state index contributed by atoms with van der Waals surface area (Å²) in [6.45, 7) is 3.87. The number of hydrogen-bond donors (Lipinski definition) is 1. The third kappa shape index (κ3) is 6.75. The SMILES string of the molecule is CC.N#Cc1ccc(COc2cccc(-c3ccn(Cc4nc5ccc(C(=O)O)cc5n4CC4(CF)CC4)c(=O)c3)n2)c(F)c1. The molecule has 5 aromatic rings. The molecule has 2 aromatic carbocycles. The lowest BCUT2D eigenvalue weighted by Crippen LogP contribution is -2.23. The Labute approximate surface area is 258 Å². The van der Waals surface area contributed by atoms with Gasteiger partial charge in [0, 0.05) is 41.4 Å². The number of alkyl halides is 1. The standard InChI is InChI=1S/C32H25F2N5O4.C2H6/c33-18-32(9-10-32)19-39-27-13-22(31(41)42)6-7-26(27)36-28(39)16-38-11-8-21(14-30(38)40)25-2-1-3-29(37-25)43-17-23-5-4-20(15-35)12-24(23)34;1-2/h1-8,11-14H,9-10,16-19H2,(H,41,42);1-2H3. The third-order valence-electron chi connectivity index (χ3n) is 7.69. The van der Waals surface area contributed by atoms with Crippen LogP contribution < -0.4 is 10.3 Å². The van der Waals surface area contributed by atoms with Gasteiger partial charge in [-0.2, -0.15) is 5.26 Å². The fourth-order valence-corrected chi connectivity index (χ4v) is 4.94. The van der Waals surface area contributed by atoms with Gasteiger partial charge in [0.25, 0.3) is 5.56 Å². The molecule has 1 fully saturated rings. The lowest BCUT2D eigenvalue weighted by Gasteiger charge is -2.16. The minimum absolute atomic E-state index is 0.0890. The van der Waals surface area contributed by atoms with Gasteiger partial charge in [0.15, 0.2) is 0 Å². The summed E-state index contributed by atoms with van der Waals surface area (Å²) in [4.78, 5) is 33.9. The lowest BCUT2D eigenvalue weighted by atomic mass is 10.1. The molecule has 0 bridgehead atoms. The quantitative estimate of drug-likeness (QED) is 0.195. The van der Waals surface area contributed by atoms with Gasteiger partial charge >= 0.3 is 5.97 Å². The van der Waals surface area contributed by atoms with Gasteiger partial charge in [0.05, 0.1) is 47.1 Å². The number of carbonyl (C=O) groups is 1. The molecule has 0 atom stereocenters. The molecule has 1 aliphatic rings. The van der Waals surface area contributed by atoms with Crippen LogP contribution in [0.5, 0.6) is 5.88 Å². The van der Waals surface area contributed by atoms with Crippen molar-refractivity contribution in [1.29, 1.82) is 5.26 Å². The molecule has 3 heterocycles. The Morgan fingerprint density at radius 1 is 1.09 bits per heavy atom. The highest BCUT2D eigenvalue weighted by atomic mass is 19.1. The van der Waals surface area contributed by atoms with Crippen molar-refractivity contribution in [3.63, 3.8) is 0 Å². The minimum atomic E-state index is -1.07. The Balaban J connectivity index is 0.00000196. The van der Waals surface area contributed by atoms with E-state index in [1.165, 1.54) is 34.9 Å². The molecule has 11 heteroatoms. The number of carboxylic acids is 1. The van der Waals surface area contributed by atoms with E-state index in [9.17, 15) is 23.5 Å². The number of fused-ring (bicyclic) bond motifs is 1. The molecule has 0 aliphatic heterocycles. The van der Waals surface area contributed by atoms with Crippen LogP contribution in [0.2, 0.25) is 0 Å². The van der Waals surface area contributed by atoms with Gasteiger partial charge in [-0.05, 0) is 55.3 Å². The van der Waals surface area contributed by atoms with E-state index in [0.29, 0.717) is 34.7 Å². The first-order valence-electron chi connectivity index (χ1n) is 14.6. The van der Waals surface area contributed by atoms with Crippen molar-refractivity contribution in [2.45, 2.75) is 46.4 Å². The average molecular weight is 612 g/mol. The normalized spacial score (nSPS) is 13.0. The number of nitriles is 1. The van der Waals surface area contributed by atoms with Crippen LogP contribution in [0, 0.1) is 22.6 Å². The third-order valence-corrected chi connectivity index (χ3v) is 7.69. The second-order valence-corrected chi connectivity index (χ2v) is 10.7. The summed E-state index contributed by atoms with van der Waals surface area (Å²) in [5.41, 5.74) is 1.96. The first kappa shape index (κ1) is 31.1. The van der Waals surface area contributed by atoms with Crippen LogP contribution in [0.4, 0.5) is 8.78 Å². The van der Waals surface area contributed by atoms with Crippen molar-refractivity contribution in [2.75, 3.05) is 6.67 Å². The maximum absolute atomic E-state index is 14.2. The van der Waals surface area contributed by atoms with Crippen LogP contribution in [0.1, 0.15) is 54.0 Å². The van der Waals surface area contributed by atoms with Crippen molar-refractivity contribution < 1.29 is 23.4 Å². The predicted molar refractivity (Wildman–Crippen MR) is 164 cm³/mol. The molecule has 0 spiro atoms. The van der Waals surface area contributed by atoms with Gasteiger partial charge in [-0.25, -0.2) is 19.2 Å². The number of rotatable bonds is 10. The van der Waals surface area contributed by atoms with E-state index >= 15 is 0 Å². The Kier molecular flexibility index (Phi) is 9.04. The smallest absolute Gasteiger partial charge is 0.335 e. The number of nitrogens with zero attached hydrogens (tertiary/aromatic N) is 5. The van der Waals surface area contributed by atoms with Crippen LogP contribution in [-0.4, -0.2) is 36.9 Å². The zero-order chi connectivity index (χ0) is 32.1. The van der Waals surface area contributed by atoms with Crippen LogP contribution >= 0.6 is 0 Å². The summed E-state index contributed by atoms with van der Waals surface area (Å²) in [7, 11) is 0. The number of aromatic carboxylic acids is 1. The minimum Gasteiger partial charge on any atom is -0.478 e. The van der Waals surface area contributed by atoms with Gasteiger partial charge in [-0.1, -0.05) is 26.0 Å². The largest absolute Gasteiger partial charge is 0.478 e. The van der Waals surface area contributed by atoms with E-state index in [1.54, 1.807) is 36.5 Å². The number of carboxylic acid groups (broad SMARTS) is 1. The van der Waals surface area contributed by atoms with Gasteiger partial charge in [-0.15, -0.1) is 0 Å². The number of halogens is 2. The highest BCUT2D eigenvalue weighted by Crippen LogP contribution is 2.48. The molecular formula is C34H31F2N5O4. The Hall–Kier alpha value is -5.37. The van der Waals surface area contributed by atoms with E-state index in [1.807, 2.05) is 24.5 Å². The zero-order valence-electron chi connectivity index (χ0n) is 24.8. The van der Waals surface area contributed by atoms with Crippen LogP contribution in [0.25, 0.3) is 22.3 Å². The fraction of sp³-hybridized carbons (Fsp3) is 0.265. The van der Waals surface area contributed by atoms with Crippen molar-refractivity contribution in [2.24, 2.45) is 5.41 Å². The molecule has 1 aliphatic carbocycles. The molecule has 9 nitrogen and oxygen atoms in total. The molecule has 0 amide bonds. The Morgan fingerprint density at radius 3 is 2.56 bits per heavy atom. The number of benzene rings is 2. The molecule has 0 unspecified atom stereocenters. The first-order valence-corrected chi connectivity index (χ1v) is 14.6. The number of imidazole rings is 1. The summed E-state index contributed by atoms with van der Waals surface area (Å²) < 4.78 is 37.0. The molecule has 230 valence electrons. The summed E-state index contributed by atoms with van der Waals surface area (Å²) >= 11 is 0. The van der Waals surface area contributed by atoms with E-state index in [4.69, 9.17) is 10.00 Å². The fourth-order valence-electron chi connectivity index (χ4n) is 4.94. The number of pyridine rings is 2. The van der Waals surface area contributed by atoms with Crippen molar-refractivity contribution >= 4 is 17.0 Å². The number of hydrogen-bond acceptors (Lipinski definition) is 6. The molecule has 0 saturated heterocycles. The Bertz CT molecular complexity index is 1970. The highest BCUT2D eigenvalue weighted by Gasteiger charge is 2.43. The van der Waals surface area contributed by atoms with Crippen molar-refractivity contribution in [3.8, 4) is 23.2 Å². The molecule has 45 heavy (non-hydrogen) atoms. The van der Waals surface area contributed by atoms with Crippen molar-refractivity contribution in [3.05, 3.63) is 112 Å². The number of ether oxygens (including phenoxy) is 1. The maximum atomic E-state index is 14.2. The molecule has 0 radical (unpaired) electrons. The van der Waals surface area contributed by atoms with Crippen molar-refractivity contribution in [1.82, 2.24) is 19.1 Å². The topological polar surface area (TPSA) is 123 Å². The summed E-state index contributed by atoms with van der Waals surface area (Å²) in [5.74, 6) is -0.858. The van der Waals surface area contributed by atoms with E-state index in [-0.39, 0.29) is 41.3 Å². The molecule has 6 rings (SSSR count). The Morgan fingerprint density at radius 2 is 1.89 bits per heavy atom. The predicted octanol–water partition coefficient (Wildman–Crippen LogP) is 6.37. The molecular weight excluding hydrogens is 580 g/mol. The molecule has 1 N–H and O–H groups in total. The summed E-state index contributed by atoms with van der Waals surface area (Å²) in [6, 6.07) is 18.9. The average Bonchev–Trinajstić information content (AvgIpc) is 3.77. The van der Waals surface area contributed by atoms with E-state index in [2.05, 4.69) is 9.97 Å². The van der Waals surface area contributed by atoms with Crippen LogP contribution in [0.15, 0.2) is 77.7 Å².